The Bertz CT molecular complexity index is 1020. The average molecular weight is 462 g/mol. The Morgan fingerprint density at radius 1 is 1.27 bits per heavy atom. The summed E-state index contributed by atoms with van der Waals surface area (Å²) in [6, 6.07) is 5.87. The van der Waals surface area contributed by atoms with Gasteiger partial charge in [-0.05, 0) is 18.2 Å². The van der Waals surface area contributed by atoms with Gasteiger partial charge >= 0.3 is 12.1 Å². The monoisotopic (exact) mass is 462 g/mol. The zero-order chi connectivity index (χ0) is 23.5. The van der Waals surface area contributed by atoms with Crippen molar-refractivity contribution in [2.75, 3.05) is 49.1 Å². The number of anilines is 2. The SMILES string of the molecule is CC(=O)OCC(=O)N1CCN(c2ccc(N3C[C@H](C(O)c4ccon4)OC3=O)cc2F)CC1. The van der Waals surface area contributed by atoms with Gasteiger partial charge in [-0.15, -0.1) is 0 Å². The summed E-state index contributed by atoms with van der Waals surface area (Å²) in [4.78, 5) is 39.8. The smallest absolute Gasteiger partial charge is 0.414 e. The number of aliphatic hydroxyl groups excluding tert-OH is 1. The molecule has 1 N–H and O–H groups in total. The van der Waals surface area contributed by atoms with Crippen LogP contribution in [0.4, 0.5) is 20.6 Å². The van der Waals surface area contributed by atoms with Crippen LogP contribution in [0.1, 0.15) is 18.7 Å². The van der Waals surface area contributed by atoms with Crippen LogP contribution in [0, 0.1) is 5.82 Å². The summed E-state index contributed by atoms with van der Waals surface area (Å²) in [6.45, 7) is 2.48. The van der Waals surface area contributed by atoms with Crippen LogP contribution in [0.2, 0.25) is 0 Å². The van der Waals surface area contributed by atoms with Crippen molar-refractivity contribution in [2.45, 2.75) is 19.1 Å². The molecular weight excluding hydrogens is 439 g/mol. The van der Waals surface area contributed by atoms with Gasteiger partial charge in [0.15, 0.2) is 12.7 Å². The lowest BCUT2D eigenvalue weighted by molar-refractivity contribution is -0.150. The van der Waals surface area contributed by atoms with Crippen LogP contribution in [0.15, 0.2) is 35.1 Å². The third-order valence-corrected chi connectivity index (χ3v) is 5.56. The first-order chi connectivity index (χ1) is 15.8. The first kappa shape index (κ1) is 22.5. The summed E-state index contributed by atoms with van der Waals surface area (Å²) in [5.41, 5.74) is 0.880. The van der Waals surface area contributed by atoms with Gasteiger partial charge in [-0.25, -0.2) is 9.18 Å². The highest BCUT2D eigenvalue weighted by Gasteiger charge is 2.38. The van der Waals surface area contributed by atoms with Crippen molar-refractivity contribution < 1.29 is 37.9 Å². The number of rotatable bonds is 6. The van der Waals surface area contributed by atoms with Crippen molar-refractivity contribution in [1.29, 1.82) is 0 Å². The molecule has 4 rings (SSSR count). The number of amides is 2. The number of esters is 1. The molecule has 3 heterocycles. The predicted molar refractivity (Wildman–Crippen MR) is 111 cm³/mol. The van der Waals surface area contributed by atoms with Crippen LogP contribution in [-0.2, 0) is 19.1 Å². The van der Waals surface area contributed by atoms with Crippen LogP contribution >= 0.6 is 0 Å². The van der Waals surface area contributed by atoms with E-state index in [0.717, 1.165) is 0 Å². The maximum Gasteiger partial charge on any atom is 0.414 e. The minimum atomic E-state index is -1.17. The molecule has 2 atom stereocenters. The van der Waals surface area contributed by atoms with Crippen LogP contribution in [0.3, 0.4) is 0 Å². The lowest BCUT2D eigenvalue weighted by Crippen LogP contribution is -2.50. The Labute approximate surface area is 188 Å². The van der Waals surface area contributed by atoms with E-state index < -0.39 is 30.1 Å². The summed E-state index contributed by atoms with van der Waals surface area (Å²) < 4.78 is 29.6. The van der Waals surface area contributed by atoms with Gasteiger partial charge in [0, 0.05) is 39.2 Å². The number of ether oxygens (including phenoxy) is 2. The molecule has 33 heavy (non-hydrogen) atoms. The van der Waals surface area contributed by atoms with E-state index in [1.54, 1.807) is 21.9 Å². The normalized spacial score (nSPS) is 19.4. The number of nitrogens with zero attached hydrogens (tertiary/aromatic N) is 4. The van der Waals surface area contributed by atoms with Gasteiger partial charge in [-0.2, -0.15) is 0 Å². The molecule has 0 aliphatic carbocycles. The molecule has 0 saturated carbocycles. The Kier molecular flexibility index (Phi) is 6.45. The molecule has 2 aliphatic heterocycles. The molecule has 2 fully saturated rings. The van der Waals surface area contributed by atoms with Gasteiger partial charge in [-0.3, -0.25) is 14.5 Å². The Morgan fingerprint density at radius 3 is 2.67 bits per heavy atom. The molecule has 2 amide bonds. The number of halogens is 1. The molecular formula is C21H23FN4O7. The van der Waals surface area contributed by atoms with Gasteiger partial charge in [0.25, 0.3) is 5.91 Å². The predicted octanol–water partition coefficient (Wildman–Crippen LogP) is 1.08. The minimum absolute atomic E-state index is 0.0226. The molecule has 2 saturated heterocycles. The highest BCUT2D eigenvalue weighted by Crippen LogP contribution is 2.31. The molecule has 1 aromatic carbocycles. The second kappa shape index (κ2) is 9.45. The average Bonchev–Trinajstić information content (AvgIpc) is 3.47. The molecule has 176 valence electrons. The van der Waals surface area contributed by atoms with Crippen molar-refractivity contribution in [3.63, 3.8) is 0 Å². The molecule has 1 aromatic heterocycles. The van der Waals surface area contributed by atoms with E-state index in [4.69, 9.17) is 14.0 Å². The number of benzene rings is 1. The van der Waals surface area contributed by atoms with E-state index in [-0.39, 0.29) is 24.8 Å². The number of hydrogen-bond donors (Lipinski definition) is 1. The number of cyclic esters (lactones) is 1. The lowest BCUT2D eigenvalue weighted by atomic mass is 10.1. The minimum Gasteiger partial charge on any atom is -0.456 e. The third-order valence-electron chi connectivity index (χ3n) is 5.56. The third kappa shape index (κ3) is 4.90. The fourth-order valence-corrected chi connectivity index (χ4v) is 3.80. The summed E-state index contributed by atoms with van der Waals surface area (Å²) in [6.07, 6.45) is -1.43. The summed E-state index contributed by atoms with van der Waals surface area (Å²) in [5.74, 6) is -1.35. The number of hydrogen-bond acceptors (Lipinski definition) is 9. The van der Waals surface area contributed by atoms with Gasteiger partial charge in [0.2, 0.25) is 0 Å². The maximum atomic E-state index is 14.9. The van der Waals surface area contributed by atoms with Crippen molar-refractivity contribution >= 4 is 29.3 Å². The van der Waals surface area contributed by atoms with Gasteiger partial charge in [0.05, 0.1) is 17.9 Å². The summed E-state index contributed by atoms with van der Waals surface area (Å²) >= 11 is 0. The maximum absolute atomic E-state index is 14.9. The molecule has 0 bridgehead atoms. The number of carbonyl (C=O) groups excluding carboxylic acids is 3. The molecule has 0 spiro atoms. The Hall–Kier alpha value is -3.67. The molecule has 0 radical (unpaired) electrons. The molecule has 11 nitrogen and oxygen atoms in total. The number of carbonyl (C=O) groups is 3. The van der Waals surface area contributed by atoms with E-state index in [1.165, 1.54) is 30.2 Å². The van der Waals surface area contributed by atoms with E-state index in [2.05, 4.69) is 5.16 Å². The topological polar surface area (TPSA) is 126 Å². The molecule has 2 aliphatic rings. The van der Waals surface area contributed by atoms with Crippen molar-refractivity contribution in [2.24, 2.45) is 0 Å². The highest BCUT2D eigenvalue weighted by atomic mass is 19.1. The molecule has 2 aromatic rings. The van der Waals surface area contributed by atoms with E-state index in [9.17, 15) is 23.9 Å². The Balaban J connectivity index is 1.37. The van der Waals surface area contributed by atoms with Gasteiger partial charge < -0.3 is 28.9 Å². The van der Waals surface area contributed by atoms with E-state index >= 15 is 0 Å². The summed E-state index contributed by atoms with van der Waals surface area (Å²) in [5, 5.41) is 14.0. The van der Waals surface area contributed by atoms with Crippen molar-refractivity contribution in [1.82, 2.24) is 10.1 Å². The van der Waals surface area contributed by atoms with Gasteiger partial charge in [0.1, 0.15) is 23.9 Å². The fourth-order valence-electron chi connectivity index (χ4n) is 3.80. The molecule has 1 unspecified atom stereocenters. The number of piperazine rings is 1. The first-order valence-electron chi connectivity index (χ1n) is 10.4. The first-order valence-corrected chi connectivity index (χ1v) is 10.4. The molecule has 12 heteroatoms. The number of aliphatic hydroxyl groups is 1. The van der Waals surface area contributed by atoms with E-state index in [0.29, 0.717) is 37.6 Å². The Morgan fingerprint density at radius 2 is 2.03 bits per heavy atom. The van der Waals surface area contributed by atoms with Crippen LogP contribution < -0.4 is 9.80 Å². The van der Waals surface area contributed by atoms with E-state index in [1.807, 2.05) is 0 Å². The van der Waals surface area contributed by atoms with Gasteiger partial charge in [-0.1, -0.05) is 5.16 Å². The van der Waals surface area contributed by atoms with Crippen molar-refractivity contribution in [3.05, 3.63) is 42.0 Å². The summed E-state index contributed by atoms with van der Waals surface area (Å²) in [7, 11) is 0. The highest BCUT2D eigenvalue weighted by molar-refractivity contribution is 5.90. The zero-order valence-electron chi connectivity index (χ0n) is 17.8. The van der Waals surface area contributed by atoms with Crippen molar-refractivity contribution in [3.8, 4) is 0 Å². The standard InChI is InChI=1S/C21H23FN4O7/c1-13(27)31-12-19(28)25-7-5-24(6-8-25)17-3-2-14(10-15(17)22)26-11-18(33-21(26)30)20(29)16-4-9-32-23-16/h2-4,9-10,18,20,29H,5-8,11-12H2,1H3/t18-,20?/m1/s1. The van der Waals surface area contributed by atoms with Crippen LogP contribution in [0.25, 0.3) is 0 Å². The van der Waals surface area contributed by atoms with Crippen LogP contribution in [-0.4, -0.2) is 78.6 Å². The zero-order valence-corrected chi connectivity index (χ0v) is 17.8. The second-order valence-electron chi connectivity index (χ2n) is 7.69. The van der Waals surface area contributed by atoms with Crippen LogP contribution in [0.5, 0.6) is 0 Å². The quantitative estimate of drug-likeness (QED) is 0.628. The second-order valence-corrected chi connectivity index (χ2v) is 7.69. The lowest BCUT2D eigenvalue weighted by Gasteiger charge is -2.36. The fraction of sp³-hybridized carbons (Fsp3) is 0.429. The largest absolute Gasteiger partial charge is 0.456 e. The number of aromatic nitrogens is 1.